The highest BCUT2D eigenvalue weighted by Crippen LogP contribution is 2.22. The molecule has 0 aliphatic carbocycles. The summed E-state index contributed by atoms with van der Waals surface area (Å²) in [6.45, 7) is 3.45. The molecule has 0 aliphatic heterocycles. The van der Waals surface area contributed by atoms with E-state index < -0.39 is 0 Å². The van der Waals surface area contributed by atoms with Crippen molar-refractivity contribution in [2.75, 3.05) is 16.4 Å². The molecule has 0 bridgehead atoms. The Labute approximate surface area is 161 Å². The summed E-state index contributed by atoms with van der Waals surface area (Å²) in [5.41, 5.74) is 3.38. The molecular formula is C19H19N5O2S. The summed E-state index contributed by atoms with van der Waals surface area (Å²) in [5.74, 6) is 0.518. The molecule has 0 spiro atoms. The highest BCUT2D eigenvalue weighted by atomic mass is 32.2. The molecule has 1 aromatic heterocycles. The molecule has 0 unspecified atom stereocenters. The fraction of sp³-hybridized carbons (Fsp3) is 0.158. The Morgan fingerprint density at radius 3 is 2.59 bits per heavy atom. The van der Waals surface area contributed by atoms with Gasteiger partial charge in [0.1, 0.15) is 0 Å². The van der Waals surface area contributed by atoms with Gasteiger partial charge in [0.05, 0.1) is 5.75 Å². The van der Waals surface area contributed by atoms with Crippen LogP contribution in [-0.4, -0.2) is 32.7 Å². The second kappa shape index (κ2) is 8.50. The Morgan fingerprint density at radius 2 is 1.85 bits per heavy atom. The Kier molecular flexibility index (Phi) is 5.87. The van der Waals surface area contributed by atoms with Crippen molar-refractivity contribution >= 4 is 35.0 Å². The predicted molar refractivity (Wildman–Crippen MR) is 107 cm³/mol. The number of anilines is 2. The Morgan fingerprint density at radius 1 is 1.07 bits per heavy atom. The number of H-pyrrole nitrogens is 1. The minimum Gasteiger partial charge on any atom is -0.326 e. The standard InChI is InChI=1S/C19H19N5O2S/c1-12-6-8-15(9-7-12)21-17(26)11-27-19-22-18(23-24-19)14-4-3-5-16(10-14)20-13(2)25/h3-10H,11H2,1-2H3,(H,20,25)(H,21,26)(H,22,23,24). The molecule has 0 radical (unpaired) electrons. The van der Waals surface area contributed by atoms with E-state index in [1.807, 2.05) is 43.3 Å². The molecule has 8 heteroatoms. The van der Waals surface area contributed by atoms with Crippen LogP contribution >= 0.6 is 11.8 Å². The average Bonchev–Trinajstić information content (AvgIpc) is 3.11. The smallest absolute Gasteiger partial charge is 0.234 e. The number of rotatable bonds is 6. The first-order chi connectivity index (χ1) is 13.0. The molecule has 138 valence electrons. The predicted octanol–water partition coefficient (Wildman–Crippen LogP) is 3.47. The van der Waals surface area contributed by atoms with Crippen molar-refractivity contribution in [1.82, 2.24) is 15.2 Å². The molecule has 0 saturated heterocycles. The van der Waals surface area contributed by atoms with E-state index in [4.69, 9.17) is 0 Å². The molecule has 2 aromatic carbocycles. The zero-order chi connectivity index (χ0) is 19.2. The number of hydrogen-bond donors (Lipinski definition) is 3. The van der Waals surface area contributed by atoms with Crippen molar-refractivity contribution in [3.8, 4) is 11.4 Å². The highest BCUT2D eigenvalue weighted by Gasteiger charge is 2.10. The SMILES string of the molecule is CC(=O)Nc1cccc(-c2nc(SCC(=O)Nc3ccc(C)cc3)n[nH]2)c1. The fourth-order valence-corrected chi connectivity index (χ4v) is 2.95. The molecule has 3 rings (SSSR count). The summed E-state index contributed by atoms with van der Waals surface area (Å²) in [5, 5.41) is 13.0. The van der Waals surface area contributed by atoms with Crippen molar-refractivity contribution in [2.45, 2.75) is 19.0 Å². The molecule has 1 heterocycles. The third-order valence-electron chi connectivity index (χ3n) is 3.59. The fourth-order valence-electron chi connectivity index (χ4n) is 2.35. The van der Waals surface area contributed by atoms with E-state index in [1.165, 1.54) is 18.7 Å². The van der Waals surface area contributed by atoms with Gasteiger partial charge in [-0.3, -0.25) is 14.7 Å². The molecule has 27 heavy (non-hydrogen) atoms. The van der Waals surface area contributed by atoms with E-state index in [2.05, 4.69) is 25.8 Å². The Bertz CT molecular complexity index is 953. The van der Waals surface area contributed by atoms with Crippen LogP contribution in [0.4, 0.5) is 11.4 Å². The molecular weight excluding hydrogens is 362 g/mol. The molecule has 0 saturated carbocycles. The maximum atomic E-state index is 12.1. The zero-order valence-corrected chi connectivity index (χ0v) is 15.8. The van der Waals surface area contributed by atoms with E-state index in [1.54, 1.807) is 12.1 Å². The van der Waals surface area contributed by atoms with Gasteiger partial charge in [-0.2, -0.15) is 0 Å². The van der Waals surface area contributed by atoms with Crippen LogP contribution in [0.3, 0.4) is 0 Å². The van der Waals surface area contributed by atoms with Gasteiger partial charge >= 0.3 is 0 Å². The Hall–Kier alpha value is -3.13. The van der Waals surface area contributed by atoms with Gasteiger partial charge in [-0.1, -0.05) is 41.6 Å². The number of amides is 2. The minimum absolute atomic E-state index is 0.122. The molecule has 0 fully saturated rings. The van der Waals surface area contributed by atoms with Crippen molar-refractivity contribution in [1.29, 1.82) is 0 Å². The number of hydrogen-bond acceptors (Lipinski definition) is 5. The third kappa shape index (κ3) is 5.42. The lowest BCUT2D eigenvalue weighted by molar-refractivity contribution is -0.114. The van der Waals surface area contributed by atoms with E-state index in [0.29, 0.717) is 16.7 Å². The lowest BCUT2D eigenvalue weighted by Crippen LogP contribution is -2.14. The molecule has 3 N–H and O–H groups in total. The summed E-state index contributed by atoms with van der Waals surface area (Å²) >= 11 is 1.25. The first-order valence-electron chi connectivity index (χ1n) is 8.29. The number of nitrogens with zero attached hydrogens (tertiary/aromatic N) is 2. The summed E-state index contributed by atoms with van der Waals surface area (Å²) in [6, 6.07) is 14.9. The first kappa shape index (κ1) is 18.7. The van der Waals surface area contributed by atoms with Crippen molar-refractivity contribution < 1.29 is 9.59 Å². The summed E-state index contributed by atoms with van der Waals surface area (Å²) in [6.07, 6.45) is 0. The number of aryl methyl sites for hydroxylation is 1. The van der Waals surface area contributed by atoms with Crippen LogP contribution in [0, 0.1) is 6.92 Å². The van der Waals surface area contributed by atoms with Crippen molar-refractivity contribution in [3.05, 3.63) is 54.1 Å². The normalized spacial score (nSPS) is 10.4. The first-order valence-corrected chi connectivity index (χ1v) is 9.28. The average molecular weight is 381 g/mol. The molecule has 0 atom stereocenters. The van der Waals surface area contributed by atoms with E-state index >= 15 is 0 Å². The van der Waals surface area contributed by atoms with Crippen molar-refractivity contribution in [3.63, 3.8) is 0 Å². The number of nitrogens with one attached hydrogen (secondary N) is 3. The second-order valence-electron chi connectivity index (χ2n) is 5.93. The highest BCUT2D eigenvalue weighted by molar-refractivity contribution is 7.99. The second-order valence-corrected chi connectivity index (χ2v) is 6.87. The lowest BCUT2D eigenvalue weighted by Gasteiger charge is -2.04. The zero-order valence-electron chi connectivity index (χ0n) is 14.9. The maximum absolute atomic E-state index is 12.1. The van der Waals surface area contributed by atoms with Crippen LogP contribution < -0.4 is 10.6 Å². The maximum Gasteiger partial charge on any atom is 0.234 e. The molecule has 3 aromatic rings. The number of benzene rings is 2. The number of thioether (sulfide) groups is 1. The summed E-state index contributed by atoms with van der Waals surface area (Å²) in [4.78, 5) is 27.6. The number of carbonyl (C=O) groups excluding carboxylic acids is 2. The van der Waals surface area contributed by atoms with Gasteiger partial charge in [-0.15, -0.1) is 5.10 Å². The van der Waals surface area contributed by atoms with Crippen LogP contribution in [-0.2, 0) is 9.59 Å². The monoisotopic (exact) mass is 381 g/mol. The number of carbonyl (C=O) groups is 2. The molecule has 7 nitrogen and oxygen atoms in total. The van der Waals surface area contributed by atoms with Gasteiger partial charge in [0.25, 0.3) is 0 Å². The van der Waals surface area contributed by atoms with Gasteiger partial charge < -0.3 is 10.6 Å². The lowest BCUT2D eigenvalue weighted by atomic mass is 10.2. The molecule has 0 aliphatic rings. The third-order valence-corrected chi connectivity index (χ3v) is 4.44. The van der Waals surface area contributed by atoms with Gasteiger partial charge in [-0.25, -0.2) is 4.98 Å². The number of aromatic nitrogens is 3. The quantitative estimate of drug-likeness (QED) is 0.568. The van der Waals surface area contributed by atoms with Crippen molar-refractivity contribution in [2.24, 2.45) is 0 Å². The topological polar surface area (TPSA) is 99.8 Å². The van der Waals surface area contributed by atoms with Crippen LogP contribution in [0.15, 0.2) is 53.7 Å². The van der Waals surface area contributed by atoms with Crippen LogP contribution in [0.2, 0.25) is 0 Å². The number of aromatic amines is 1. The summed E-state index contributed by atoms with van der Waals surface area (Å²) in [7, 11) is 0. The summed E-state index contributed by atoms with van der Waals surface area (Å²) < 4.78 is 0. The van der Waals surface area contributed by atoms with E-state index in [9.17, 15) is 9.59 Å². The van der Waals surface area contributed by atoms with Gasteiger partial charge in [0.2, 0.25) is 17.0 Å². The minimum atomic E-state index is -0.138. The Balaban J connectivity index is 1.58. The van der Waals surface area contributed by atoms with Gasteiger partial charge in [-0.05, 0) is 31.2 Å². The largest absolute Gasteiger partial charge is 0.326 e. The van der Waals surface area contributed by atoms with Crippen LogP contribution in [0.1, 0.15) is 12.5 Å². The molecule has 2 amide bonds. The van der Waals surface area contributed by atoms with Crippen LogP contribution in [0.25, 0.3) is 11.4 Å². The van der Waals surface area contributed by atoms with Gasteiger partial charge in [0, 0.05) is 23.9 Å². The van der Waals surface area contributed by atoms with Crippen LogP contribution in [0.5, 0.6) is 0 Å². The van der Waals surface area contributed by atoms with Gasteiger partial charge in [0.15, 0.2) is 5.82 Å². The van der Waals surface area contributed by atoms with E-state index in [0.717, 1.165) is 16.8 Å². The van der Waals surface area contributed by atoms with E-state index in [-0.39, 0.29) is 17.6 Å².